The summed E-state index contributed by atoms with van der Waals surface area (Å²) < 4.78 is 38.3. The van der Waals surface area contributed by atoms with Crippen LogP contribution in [0.25, 0.3) is 0 Å². The van der Waals surface area contributed by atoms with Crippen LogP contribution in [-0.2, 0) is 6.54 Å². The first-order valence-corrected chi connectivity index (χ1v) is 6.62. The Bertz CT molecular complexity index is 518. The van der Waals surface area contributed by atoms with Crippen LogP contribution in [0.3, 0.4) is 0 Å². The minimum absolute atomic E-state index is 0.00469. The van der Waals surface area contributed by atoms with Gasteiger partial charge in [-0.1, -0.05) is 5.16 Å². The molecule has 1 saturated heterocycles. The van der Waals surface area contributed by atoms with Crippen LogP contribution in [0, 0.1) is 5.92 Å². The van der Waals surface area contributed by atoms with Crippen LogP contribution in [0.15, 0.2) is 23.5 Å². The molecule has 0 bridgehead atoms. The maximum atomic E-state index is 12.8. The molecule has 1 unspecified atom stereocenters. The van der Waals surface area contributed by atoms with Crippen LogP contribution in [-0.4, -0.2) is 40.2 Å². The Hall–Kier alpha value is -1.83. The molecule has 5 nitrogen and oxygen atoms in total. The molecular weight excluding hydrogens is 285 g/mol. The number of aromatic nitrogens is 1. The van der Waals surface area contributed by atoms with E-state index in [1.807, 2.05) is 0 Å². The van der Waals surface area contributed by atoms with Crippen molar-refractivity contribution < 1.29 is 18.4 Å². The lowest BCUT2D eigenvalue weighted by Crippen LogP contribution is -2.41. The summed E-state index contributed by atoms with van der Waals surface area (Å²) >= 11 is 0. The first-order valence-electron chi connectivity index (χ1n) is 6.62. The van der Waals surface area contributed by atoms with E-state index in [0.29, 0.717) is 25.2 Å². The summed E-state index contributed by atoms with van der Waals surface area (Å²) in [6.07, 6.45) is -1.93. The van der Waals surface area contributed by atoms with Gasteiger partial charge in [0, 0.05) is 19.3 Å². The number of halogens is 3. The van der Waals surface area contributed by atoms with Crippen molar-refractivity contribution in [2.24, 2.45) is 16.8 Å². The maximum Gasteiger partial charge on any atom is 0.393 e. The standard InChI is InChI=1S/C13H17F3N4O/c14-13(15,16)10-2-1-5-20(8-10)7-9-3-4-18-11(6-9)12(17)19-21/h3-4,6,10,21H,1-2,5,7-8H2,(H2,17,19). The third-order valence-corrected chi connectivity index (χ3v) is 3.57. The molecule has 1 aromatic heterocycles. The van der Waals surface area contributed by atoms with E-state index in [9.17, 15) is 13.2 Å². The lowest BCUT2D eigenvalue weighted by Gasteiger charge is -2.33. The van der Waals surface area contributed by atoms with Crippen molar-refractivity contribution in [2.75, 3.05) is 13.1 Å². The number of oxime groups is 1. The number of alkyl halides is 3. The molecule has 2 rings (SSSR count). The van der Waals surface area contributed by atoms with Crippen LogP contribution in [0.1, 0.15) is 24.1 Å². The molecule has 21 heavy (non-hydrogen) atoms. The number of rotatable bonds is 3. The topological polar surface area (TPSA) is 74.7 Å². The molecule has 0 saturated carbocycles. The van der Waals surface area contributed by atoms with E-state index in [-0.39, 0.29) is 18.8 Å². The molecule has 0 spiro atoms. The van der Waals surface area contributed by atoms with E-state index in [4.69, 9.17) is 10.9 Å². The van der Waals surface area contributed by atoms with Crippen LogP contribution < -0.4 is 5.73 Å². The van der Waals surface area contributed by atoms with Gasteiger partial charge in [0.05, 0.1) is 5.92 Å². The van der Waals surface area contributed by atoms with Gasteiger partial charge in [0.15, 0.2) is 5.84 Å². The lowest BCUT2D eigenvalue weighted by molar-refractivity contribution is -0.187. The van der Waals surface area contributed by atoms with Gasteiger partial charge >= 0.3 is 6.18 Å². The Morgan fingerprint density at radius 1 is 1.52 bits per heavy atom. The van der Waals surface area contributed by atoms with Gasteiger partial charge in [0.25, 0.3) is 0 Å². The fourth-order valence-corrected chi connectivity index (χ4v) is 2.49. The van der Waals surface area contributed by atoms with Gasteiger partial charge in [0.1, 0.15) is 5.69 Å². The molecule has 8 heteroatoms. The molecule has 1 aromatic rings. The van der Waals surface area contributed by atoms with Crippen molar-refractivity contribution in [3.63, 3.8) is 0 Å². The summed E-state index contributed by atoms with van der Waals surface area (Å²) in [7, 11) is 0. The van der Waals surface area contributed by atoms with Crippen LogP contribution in [0.5, 0.6) is 0 Å². The smallest absolute Gasteiger partial charge is 0.393 e. The molecule has 1 aliphatic heterocycles. The Morgan fingerprint density at radius 3 is 2.95 bits per heavy atom. The molecule has 0 aliphatic carbocycles. The zero-order valence-electron chi connectivity index (χ0n) is 11.3. The summed E-state index contributed by atoms with van der Waals surface area (Å²) in [5.41, 5.74) is 6.54. The lowest BCUT2D eigenvalue weighted by atomic mass is 9.97. The number of piperidine rings is 1. The second kappa shape index (κ2) is 6.30. The van der Waals surface area contributed by atoms with E-state index in [0.717, 1.165) is 5.56 Å². The van der Waals surface area contributed by atoms with Crippen LogP contribution in [0.4, 0.5) is 13.2 Å². The predicted octanol–water partition coefficient (Wildman–Crippen LogP) is 1.95. The Balaban J connectivity index is 2.04. The first-order chi connectivity index (χ1) is 9.90. The van der Waals surface area contributed by atoms with E-state index in [1.165, 1.54) is 6.20 Å². The fourth-order valence-electron chi connectivity index (χ4n) is 2.49. The molecule has 1 atom stereocenters. The Morgan fingerprint density at radius 2 is 2.29 bits per heavy atom. The SMILES string of the molecule is NC(=NO)c1cc(CN2CCCC(C(F)(F)F)C2)ccn1. The molecule has 0 aromatic carbocycles. The summed E-state index contributed by atoms with van der Waals surface area (Å²) in [4.78, 5) is 5.71. The average molecular weight is 302 g/mol. The Kier molecular flexibility index (Phi) is 4.66. The number of nitrogens with two attached hydrogens (primary N) is 1. The summed E-state index contributed by atoms with van der Waals surface area (Å²) in [5.74, 6) is -1.39. The van der Waals surface area contributed by atoms with Gasteiger partial charge in [-0.3, -0.25) is 9.88 Å². The van der Waals surface area contributed by atoms with Gasteiger partial charge < -0.3 is 10.9 Å². The first kappa shape index (κ1) is 15.6. The average Bonchev–Trinajstić information content (AvgIpc) is 2.46. The maximum absolute atomic E-state index is 12.8. The van der Waals surface area contributed by atoms with Crippen LogP contribution >= 0.6 is 0 Å². The highest BCUT2D eigenvalue weighted by Gasteiger charge is 2.41. The zero-order valence-corrected chi connectivity index (χ0v) is 11.3. The highest BCUT2D eigenvalue weighted by atomic mass is 19.4. The summed E-state index contributed by atoms with van der Waals surface area (Å²) in [5, 5.41) is 11.5. The van der Waals surface area contributed by atoms with Crippen molar-refractivity contribution in [3.05, 3.63) is 29.6 Å². The second-order valence-corrected chi connectivity index (χ2v) is 5.15. The third-order valence-electron chi connectivity index (χ3n) is 3.57. The number of amidine groups is 1. The fraction of sp³-hybridized carbons (Fsp3) is 0.538. The molecule has 2 heterocycles. The van der Waals surface area contributed by atoms with Crippen molar-refractivity contribution in [2.45, 2.75) is 25.6 Å². The molecule has 116 valence electrons. The molecule has 0 amide bonds. The molecule has 0 radical (unpaired) electrons. The van der Waals surface area contributed by atoms with Gasteiger partial charge in [-0.05, 0) is 37.1 Å². The van der Waals surface area contributed by atoms with Crippen molar-refractivity contribution in [1.29, 1.82) is 0 Å². The normalized spacial score (nSPS) is 21.5. The predicted molar refractivity (Wildman–Crippen MR) is 70.8 cm³/mol. The zero-order chi connectivity index (χ0) is 15.5. The number of pyridine rings is 1. The quantitative estimate of drug-likeness (QED) is 0.387. The number of likely N-dealkylation sites (tertiary alicyclic amines) is 1. The number of hydrogen-bond donors (Lipinski definition) is 2. The monoisotopic (exact) mass is 302 g/mol. The van der Waals surface area contributed by atoms with Gasteiger partial charge in [-0.25, -0.2) is 0 Å². The largest absolute Gasteiger partial charge is 0.409 e. The number of hydrogen-bond acceptors (Lipinski definition) is 4. The van der Waals surface area contributed by atoms with E-state index < -0.39 is 12.1 Å². The number of nitrogens with zero attached hydrogens (tertiary/aromatic N) is 3. The van der Waals surface area contributed by atoms with E-state index in [2.05, 4.69) is 10.1 Å². The third kappa shape index (κ3) is 4.07. The van der Waals surface area contributed by atoms with Crippen molar-refractivity contribution >= 4 is 5.84 Å². The van der Waals surface area contributed by atoms with Gasteiger partial charge in [-0.2, -0.15) is 13.2 Å². The Labute approximate surface area is 120 Å². The molecule has 1 fully saturated rings. The minimum atomic E-state index is -4.14. The highest BCUT2D eigenvalue weighted by molar-refractivity contribution is 5.95. The minimum Gasteiger partial charge on any atom is -0.409 e. The van der Waals surface area contributed by atoms with Crippen molar-refractivity contribution in [3.8, 4) is 0 Å². The van der Waals surface area contributed by atoms with Gasteiger partial charge in [0.2, 0.25) is 0 Å². The van der Waals surface area contributed by atoms with Crippen LogP contribution in [0.2, 0.25) is 0 Å². The molecular formula is C13H17F3N4O. The molecule has 1 aliphatic rings. The van der Waals surface area contributed by atoms with E-state index in [1.54, 1.807) is 17.0 Å². The highest BCUT2D eigenvalue weighted by Crippen LogP contribution is 2.33. The summed E-state index contributed by atoms with van der Waals surface area (Å²) in [6.45, 7) is 1.03. The van der Waals surface area contributed by atoms with E-state index >= 15 is 0 Å². The molecule has 3 N–H and O–H groups in total. The van der Waals surface area contributed by atoms with Gasteiger partial charge in [-0.15, -0.1) is 0 Å². The van der Waals surface area contributed by atoms with Crippen molar-refractivity contribution in [1.82, 2.24) is 9.88 Å². The second-order valence-electron chi connectivity index (χ2n) is 5.15. The summed E-state index contributed by atoms with van der Waals surface area (Å²) in [6, 6.07) is 3.33.